The molecule has 3 atom stereocenters. The maximum Gasteiger partial charge on any atom is 0.242 e. The first-order chi connectivity index (χ1) is 10.6. The van der Waals surface area contributed by atoms with Crippen LogP contribution in [0.25, 0.3) is 0 Å². The standard InChI is InChI=1S/C18H27N3O/c1-13-6-5-7-14(2)21(13)18(22)12-20-11-16(19)10-15-8-3-4-9-17(15)20/h3-4,8-9,13-14,16H,5-7,10-12,19H2,1-2H3. The first-order valence-corrected chi connectivity index (χ1v) is 8.46. The Kier molecular flexibility index (Phi) is 4.39. The van der Waals surface area contributed by atoms with Crippen molar-refractivity contribution in [3.05, 3.63) is 29.8 Å². The molecule has 22 heavy (non-hydrogen) atoms. The van der Waals surface area contributed by atoms with Crippen molar-refractivity contribution in [3.8, 4) is 0 Å². The summed E-state index contributed by atoms with van der Waals surface area (Å²) in [5.74, 6) is 0.239. The molecule has 3 unspecified atom stereocenters. The predicted octanol–water partition coefficient (Wildman–Crippen LogP) is 2.17. The van der Waals surface area contributed by atoms with Gasteiger partial charge in [-0.2, -0.15) is 0 Å². The lowest BCUT2D eigenvalue weighted by Crippen LogP contribution is -2.53. The van der Waals surface area contributed by atoms with Crippen LogP contribution >= 0.6 is 0 Å². The van der Waals surface area contributed by atoms with Crippen molar-refractivity contribution in [2.75, 3.05) is 18.0 Å². The molecule has 3 rings (SSSR count). The van der Waals surface area contributed by atoms with E-state index in [-0.39, 0.29) is 11.9 Å². The lowest BCUT2D eigenvalue weighted by Gasteiger charge is -2.41. The van der Waals surface area contributed by atoms with Gasteiger partial charge in [0.05, 0.1) is 6.54 Å². The average molecular weight is 301 g/mol. The Balaban J connectivity index is 1.76. The number of benzene rings is 1. The highest BCUT2D eigenvalue weighted by Crippen LogP contribution is 2.28. The molecule has 2 heterocycles. The van der Waals surface area contributed by atoms with Crippen molar-refractivity contribution < 1.29 is 4.79 Å². The lowest BCUT2D eigenvalue weighted by atomic mass is 9.96. The Labute approximate surface area is 133 Å². The van der Waals surface area contributed by atoms with Gasteiger partial charge in [-0.25, -0.2) is 0 Å². The van der Waals surface area contributed by atoms with Gasteiger partial charge in [0, 0.05) is 30.4 Å². The molecule has 2 aliphatic heterocycles. The second kappa shape index (κ2) is 6.29. The van der Waals surface area contributed by atoms with Crippen molar-refractivity contribution in [2.24, 2.45) is 5.73 Å². The van der Waals surface area contributed by atoms with E-state index in [1.54, 1.807) is 0 Å². The van der Waals surface area contributed by atoms with Crippen molar-refractivity contribution in [3.63, 3.8) is 0 Å². The van der Waals surface area contributed by atoms with Gasteiger partial charge in [-0.05, 0) is 51.2 Å². The van der Waals surface area contributed by atoms with Crippen LogP contribution in [0, 0.1) is 0 Å². The maximum atomic E-state index is 12.8. The fourth-order valence-electron chi connectivity index (χ4n) is 4.03. The van der Waals surface area contributed by atoms with E-state index in [1.165, 1.54) is 17.7 Å². The third kappa shape index (κ3) is 2.98. The zero-order valence-corrected chi connectivity index (χ0v) is 13.7. The highest BCUT2D eigenvalue weighted by atomic mass is 16.2. The second-order valence-electron chi connectivity index (χ2n) is 6.90. The van der Waals surface area contributed by atoms with Crippen LogP contribution in [0.1, 0.15) is 38.7 Å². The minimum absolute atomic E-state index is 0.110. The number of amides is 1. The van der Waals surface area contributed by atoms with Crippen LogP contribution in [0.4, 0.5) is 5.69 Å². The Hall–Kier alpha value is -1.55. The molecule has 0 radical (unpaired) electrons. The molecule has 120 valence electrons. The van der Waals surface area contributed by atoms with Crippen molar-refractivity contribution in [1.29, 1.82) is 0 Å². The number of fused-ring (bicyclic) bond motifs is 1. The van der Waals surface area contributed by atoms with Gasteiger partial charge in [-0.1, -0.05) is 18.2 Å². The number of hydrogen-bond acceptors (Lipinski definition) is 3. The van der Waals surface area contributed by atoms with Gasteiger partial charge in [-0.3, -0.25) is 4.79 Å². The van der Waals surface area contributed by atoms with Gasteiger partial charge in [0.2, 0.25) is 5.91 Å². The minimum Gasteiger partial charge on any atom is -0.360 e. The fraction of sp³-hybridized carbons (Fsp3) is 0.611. The molecule has 0 bridgehead atoms. The van der Waals surface area contributed by atoms with Gasteiger partial charge >= 0.3 is 0 Å². The molecule has 1 saturated heterocycles. The Bertz CT molecular complexity index is 535. The number of para-hydroxylation sites is 1. The third-order valence-electron chi connectivity index (χ3n) is 5.08. The van der Waals surface area contributed by atoms with Crippen LogP contribution in [-0.4, -0.2) is 42.0 Å². The van der Waals surface area contributed by atoms with Gasteiger partial charge in [0.1, 0.15) is 0 Å². The number of likely N-dealkylation sites (tertiary alicyclic amines) is 1. The summed E-state index contributed by atoms with van der Waals surface area (Å²) >= 11 is 0. The molecular weight excluding hydrogens is 274 g/mol. The normalized spacial score (nSPS) is 28.4. The largest absolute Gasteiger partial charge is 0.360 e. The lowest BCUT2D eigenvalue weighted by molar-refractivity contribution is -0.135. The van der Waals surface area contributed by atoms with Crippen LogP contribution in [0.15, 0.2) is 24.3 Å². The van der Waals surface area contributed by atoms with E-state index in [1.807, 2.05) is 12.1 Å². The van der Waals surface area contributed by atoms with E-state index in [0.717, 1.165) is 25.8 Å². The Morgan fingerprint density at radius 2 is 1.91 bits per heavy atom. The van der Waals surface area contributed by atoms with Crippen molar-refractivity contribution in [1.82, 2.24) is 4.90 Å². The molecule has 1 aromatic rings. The maximum absolute atomic E-state index is 12.8. The molecule has 4 heteroatoms. The first kappa shape index (κ1) is 15.3. The zero-order chi connectivity index (χ0) is 15.7. The second-order valence-corrected chi connectivity index (χ2v) is 6.90. The van der Waals surface area contributed by atoms with Crippen molar-refractivity contribution in [2.45, 2.75) is 57.7 Å². The van der Waals surface area contributed by atoms with Gasteiger partial charge in [0.15, 0.2) is 0 Å². The molecule has 2 N–H and O–H groups in total. The van der Waals surface area contributed by atoms with Crippen LogP contribution in [0.2, 0.25) is 0 Å². The number of carbonyl (C=O) groups excluding carboxylic acids is 1. The van der Waals surface area contributed by atoms with E-state index in [4.69, 9.17) is 5.73 Å². The highest BCUT2D eigenvalue weighted by molar-refractivity contribution is 5.82. The number of anilines is 1. The SMILES string of the molecule is CC1CCCC(C)N1C(=O)CN1CC(N)Cc2ccccc21. The van der Waals surface area contributed by atoms with Crippen LogP contribution in [0.5, 0.6) is 0 Å². The summed E-state index contributed by atoms with van der Waals surface area (Å²) in [7, 11) is 0. The Morgan fingerprint density at radius 1 is 1.23 bits per heavy atom. The van der Waals surface area contributed by atoms with Gasteiger partial charge in [0.25, 0.3) is 0 Å². The van der Waals surface area contributed by atoms with Crippen LogP contribution < -0.4 is 10.6 Å². The number of hydrogen-bond donors (Lipinski definition) is 1. The predicted molar refractivity (Wildman–Crippen MR) is 90.0 cm³/mol. The minimum atomic E-state index is 0.110. The molecule has 2 aliphatic rings. The van der Waals surface area contributed by atoms with Gasteiger partial charge in [-0.15, -0.1) is 0 Å². The summed E-state index contributed by atoms with van der Waals surface area (Å²) in [6.07, 6.45) is 4.36. The molecule has 1 fully saturated rings. The van der Waals surface area contributed by atoms with Crippen molar-refractivity contribution >= 4 is 11.6 Å². The molecule has 0 aliphatic carbocycles. The summed E-state index contributed by atoms with van der Waals surface area (Å²) in [6, 6.07) is 9.13. The summed E-state index contributed by atoms with van der Waals surface area (Å²) in [5, 5.41) is 0. The number of carbonyl (C=O) groups is 1. The van der Waals surface area contributed by atoms with E-state index in [0.29, 0.717) is 18.6 Å². The van der Waals surface area contributed by atoms with E-state index >= 15 is 0 Å². The monoisotopic (exact) mass is 301 g/mol. The number of nitrogens with two attached hydrogens (primary N) is 1. The van der Waals surface area contributed by atoms with E-state index < -0.39 is 0 Å². The van der Waals surface area contributed by atoms with E-state index in [9.17, 15) is 4.79 Å². The topological polar surface area (TPSA) is 49.6 Å². The van der Waals surface area contributed by atoms with Crippen LogP contribution in [-0.2, 0) is 11.2 Å². The molecule has 0 saturated carbocycles. The zero-order valence-electron chi connectivity index (χ0n) is 13.7. The molecule has 0 aromatic heterocycles. The Morgan fingerprint density at radius 3 is 2.64 bits per heavy atom. The summed E-state index contributed by atoms with van der Waals surface area (Å²) in [4.78, 5) is 17.1. The molecule has 0 spiro atoms. The third-order valence-corrected chi connectivity index (χ3v) is 5.08. The smallest absolute Gasteiger partial charge is 0.242 e. The van der Waals surface area contributed by atoms with Crippen LogP contribution in [0.3, 0.4) is 0 Å². The number of rotatable bonds is 2. The molecule has 1 amide bonds. The van der Waals surface area contributed by atoms with Gasteiger partial charge < -0.3 is 15.5 Å². The molecular formula is C18H27N3O. The average Bonchev–Trinajstić information content (AvgIpc) is 2.46. The summed E-state index contributed by atoms with van der Waals surface area (Å²) < 4.78 is 0. The quantitative estimate of drug-likeness (QED) is 0.911. The summed E-state index contributed by atoms with van der Waals surface area (Å²) in [5.41, 5.74) is 8.62. The fourth-order valence-corrected chi connectivity index (χ4v) is 4.03. The number of nitrogens with zero attached hydrogens (tertiary/aromatic N) is 2. The summed E-state index contributed by atoms with van der Waals surface area (Å²) in [6.45, 7) is 5.55. The first-order valence-electron chi connectivity index (χ1n) is 8.46. The number of piperidine rings is 1. The highest BCUT2D eigenvalue weighted by Gasteiger charge is 2.31. The molecule has 4 nitrogen and oxygen atoms in total. The molecule has 1 aromatic carbocycles. The van der Waals surface area contributed by atoms with E-state index in [2.05, 4.69) is 35.8 Å².